The van der Waals surface area contributed by atoms with Gasteiger partial charge in [-0.3, -0.25) is 4.99 Å². The van der Waals surface area contributed by atoms with Crippen molar-refractivity contribution in [1.82, 2.24) is 0 Å². The number of aliphatic imine (C=N–C) groups is 1. The quantitative estimate of drug-likeness (QED) is 0.459. The van der Waals surface area contributed by atoms with Crippen LogP contribution in [-0.4, -0.2) is 11.3 Å². The van der Waals surface area contributed by atoms with Gasteiger partial charge in [0.1, 0.15) is 5.75 Å². The van der Waals surface area contributed by atoms with Crippen molar-refractivity contribution in [2.24, 2.45) is 4.99 Å². The average Bonchev–Trinajstić information content (AvgIpc) is 2.64. The molecule has 0 aliphatic carbocycles. The van der Waals surface area contributed by atoms with Gasteiger partial charge in [0.25, 0.3) is 0 Å². The third kappa shape index (κ3) is 4.20. The van der Waals surface area contributed by atoms with E-state index in [1.165, 1.54) is 5.30 Å². The second-order valence-corrected chi connectivity index (χ2v) is 8.94. The zero-order chi connectivity index (χ0) is 18.6. The number of phenolic OH excluding ortho intramolecular Hbond substituents is 1. The minimum absolute atomic E-state index is 0.160. The number of hydrogen-bond acceptors (Lipinski definition) is 2. The van der Waals surface area contributed by atoms with Crippen LogP contribution in [0, 0.1) is 6.92 Å². The summed E-state index contributed by atoms with van der Waals surface area (Å²) in [5.74, 6) is 0.403. The van der Waals surface area contributed by atoms with Crippen LogP contribution >= 0.6 is 8.58 Å². The molecular formula is C23H24NOP. The molecule has 0 saturated heterocycles. The highest BCUT2D eigenvalue weighted by Gasteiger charge is 2.25. The van der Waals surface area contributed by atoms with Crippen molar-refractivity contribution >= 4 is 25.8 Å². The van der Waals surface area contributed by atoms with Crippen LogP contribution in [0.3, 0.4) is 0 Å². The maximum absolute atomic E-state index is 10.5. The molecule has 0 amide bonds. The molecule has 0 saturated carbocycles. The number of aromatic hydroxyl groups is 1. The summed E-state index contributed by atoms with van der Waals surface area (Å²) in [5.41, 5.74) is 3.97. The molecule has 0 spiro atoms. The summed E-state index contributed by atoms with van der Waals surface area (Å²) in [7, 11) is 0.516. The van der Waals surface area contributed by atoms with Gasteiger partial charge in [0.05, 0.1) is 5.69 Å². The van der Waals surface area contributed by atoms with E-state index in [1.54, 1.807) is 0 Å². The molecule has 1 atom stereocenters. The molecule has 3 aromatic carbocycles. The Bertz CT molecular complexity index is 917. The summed E-state index contributed by atoms with van der Waals surface area (Å²) in [6.45, 7) is 6.31. The number of rotatable bonds is 5. The van der Waals surface area contributed by atoms with Gasteiger partial charge in [-0.2, -0.15) is 0 Å². The van der Waals surface area contributed by atoms with Crippen molar-refractivity contribution < 1.29 is 5.11 Å². The van der Waals surface area contributed by atoms with Gasteiger partial charge in [-0.05, 0) is 29.9 Å². The molecule has 3 aromatic rings. The largest absolute Gasteiger partial charge is 0.507 e. The number of aryl methyl sites for hydroxylation is 1. The normalized spacial score (nSPS) is 12.3. The Labute approximate surface area is 157 Å². The van der Waals surface area contributed by atoms with Gasteiger partial charge in [-0.1, -0.05) is 83.1 Å². The molecule has 0 aromatic heterocycles. The minimum Gasteiger partial charge on any atom is -0.507 e. The lowest BCUT2D eigenvalue weighted by Gasteiger charge is -2.27. The van der Waals surface area contributed by atoms with Crippen molar-refractivity contribution in [3.8, 4) is 5.75 Å². The molecule has 132 valence electrons. The minimum atomic E-state index is -0.160. The van der Waals surface area contributed by atoms with Crippen LogP contribution in [-0.2, 0) is 5.16 Å². The molecule has 3 rings (SSSR count). The molecule has 0 aliphatic rings. The molecule has 1 unspecified atom stereocenters. The molecule has 1 N–H and O–H groups in total. The lowest BCUT2D eigenvalue weighted by atomic mass is 9.99. The summed E-state index contributed by atoms with van der Waals surface area (Å²) in [6, 6.07) is 24.3. The number of para-hydroxylation sites is 2. The Morgan fingerprint density at radius 2 is 1.58 bits per heavy atom. The Balaban J connectivity index is 1.90. The van der Waals surface area contributed by atoms with E-state index >= 15 is 0 Å². The zero-order valence-electron chi connectivity index (χ0n) is 15.4. The summed E-state index contributed by atoms with van der Waals surface area (Å²) in [5, 5.41) is 11.6. The monoisotopic (exact) mass is 361 g/mol. The van der Waals surface area contributed by atoms with Gasteiger partial charge in [0, 0.05) is 22.5 Å². The summed E-state index contributed by atoms with van der Waals surface area (Å²) >= 11 is 0. The lowest BCUT2D eigenvalue weighted by molar-refractivity contribution is 0.457. The van der Waals surface area contributed by atoms with Crippen molar-refractivity contribution in [2.45, 2.75) is 25.9 Å². The van der Waals surface area contributed by atoms with Crippen LogP contribution in [0.2, 0.25) is 0 Å². The fraction of sp³-hybridized carbons (Fsp3) is 0.174. The maximum Gasteiger partial charge on any atom is 0.122 e. The Hall–Kier alpha value is -2.44. The molecule has 26 heavy (non-hydrogen) atoms. The highest BCUT2D eigenvalue weighted by atomic mass is 31.1. The van der Waals surface area contributed by atoms with Crippen LogP contribution in [0.4, 0.5) is 5.69 Å². The topological polar surface area (TPSA) is 32.6 Å². The number of benzene rings is 3. The molecule has 3 heteroatoms. The molecule has 0 bridgehead atoms. The van der Waals surface area contributed by atoms with Crippen molar-refractivity contribution in [3.05, 3.63) is 89.5 Å². The van der Waals surface area contributed by atoms with E-state index in [1.807, 2.05) is 67.7 Å². The van der Waals surface area contributed by atoms with E-state index in [-0.39, 0.29) is 5.16 Å². The standard InChI is InChI=1S/C23H24NOP/c1-17-10-9-14-20(22(17)25)23(2,3)26-21-15-8-7-11-18(21)16-24-19-12-5-4-6-13-19/h4-16,25-26H,1-3H3. The first-order chi connectivity index (χ1) is 12.5. The van der Waals surface area contributed by atoms with Crippen molar-refractivity contribution in [2.75, 3.05) is 0 Å². The van der Waals surface area contributed by atoms with E-state index < -0.39 is 0 Å². The molecule has 0 heterocycles. The maximum atomic E-state index is 10.5. The van der Waals surface area contributed by atoms with Gasteiger partial charge >= 0.3 is 0 Å². The second kappa shape index (κ2) is 7.85. The SMILES string of the molecule is Cc1cccc(C(C)(C)Pc2ccccc2C=Nc2ccccc2)c1O. The summed E-state index contributed by atoms with van der Waals surface area (Å²) < 4.78 is 0. The van der Waals surface area contributed by atoms with Crippen molar-refractivity contribution in [3.63, 3.8) is 0 Å². The van der Waals surface area contributed by atoms with Gasteiger partial charge in [0.15, 0.2) is 0 Å². The summed E-state index contributed by atoms with van der Waals surface area (Å²) in [6.07, 6.45) is 1.93. The third-order valence-corrected chi connectivity index (χ3v) is 6.05. The molecule has 2 nitrogen and oxygen atoms in total. The van der Waals surface area contributed by atoms with Gasteiger partial charge < -0.3 is 5.11 Å². The molecule has 0 fully saturated rings. The van der Waals surface area contributed by atoms with Crippen molar-refractivity contribution in [1.29, 1.82) is 0 Å². The number of nitrogens with zero attached hydrogens (tertiary/aromatic N) is 1. The first-order valence-corrected chi connectivity index (χ1v) is 9.73. The number of hydrogen-bond donors (Lipinski definition) is 1. The van der Waals surface area contributed by atoms with E-state index in [2.05, 4.69) is 37.0 Å². The predicted octanol–water partition coefficient (Wildman–Crippen LogP) is 5.69. The first-order valence-electron chi connectivity index (χ1n) is 8.73. The molecule has 0 aliphatic heterocycles. The van der Waals surface area contributed by atoms with E-state index in [9.17, 15) is 5.11 Å². The van der Waals surface area contributed by atoms with Crippen LogP contribution in [0.5, 0.6) is 5.75 Å². The fourth-order valence-corrected chi connectivity index (χ4v) is 4.43. The fourth-order valence-electron chi connectivity index (χ4n) is 2.95. The Morgan fingerprint density at radius 1 is 0.885 bits per heavy atom. The first kappa shape index (κ1) is 18.4. The van der Waals surface area contributed by atoms with Crippen LogP contribution in [0.1, 0.15) is 30.5 Å². The molecular weight excluding hydrogens is 337 g/mol. The van der Waals surface area contributed by atoms with Crippen LogP contribution < -0.4 is 5.30 Å². The van der Waals surface area contributed by atoms with E-state index in [0.29, 0.717) is 14.3 Å². The third-order valence-electron chi connectivity index (χ3n) is 4.43. The van der Waals surface area contributed by atoms with E-state index in [4.69, 9.17) is 0 Å². The highest BCUT2D eigenvalue weighted by molar-refractivity contribution is 7.48. The van der Waals surface area contributed by atoms with Crippen LogP contribution in [0.15, 0.2) is 77.8 Å². The number of phenols is 1. The lowest BCUT2D eigenvalue weighted by Crippen LogP contribution is -2.17. The van der Waals surface area contributed by atoms with Gasteiger partial charge in [-0.25, -0.2) is 0 Å². The van der Waals surface area contributed by atoms with E-state index in [0.717, 1.165) is 22.4 Å². The predicted molar refractivity (Wildman–Crippen MR) is 114 cm³/mol. The zero-order valence-corrected chi connectivity index (χ0v) is 16.4. The summed E-state index contributed by atoms with van der Waals surface area (Å²) in [4.78, 5) is 4.60. The Morgan fingerprint density at radius 3 is 2.35 bits per heavy atom. The second-order valence-electron chi connectivity index (χ2n) is 6.90. The Kier molecular flexibility index (Phi) is 5.54. The smallest absolute Gasteiger partial charge is 0.122 e. The van der Waals surface area contributed by atoms with Crippen LogP contribution in [0.25, 0.3) is 0 Å². The van der Waals surface area contributed by atoms with Gasteiger partial charge in [0.2, 0.25) is 0 Å². The highest BCUT2D eigenvalue weighted by Crippen LogP contribution is 2.45. The average molecular weight is 361 g/mol. The van der Waals surface area contributed by atoms with Gasteiger partial charge in [-0.15, -0.1) is 0 Å². The molecule has 0 radical (unpaired) electrons.